The molecule has 0 aliphatic rings. The average Bonchev–Trinajstić information content (AvgIpc) is 2.38. The molecule has 5 nitrogen and oxygen atoms in total. The topological polar surface area (TPSA) is 98.2 Å². The van der Waals surface area contributed by atoms with Gasteiger partial charge in [-0.25, -0.2) is 0 Å². The van der Waals surface area contributed by atoms with Crippen molar-refractivity contribution in [1.29, 1.82) is 0 Å². The highest BCUT2D eigenvalue weighted by molar-refractivity contribution is 6.33. The molecule has 0 aliphatic carbocycles. The van der Waals surface area contributed by atoms with E-state index < -0.39 is 5.91 Å². The van der Waals surface area contributed by atoms with Crippen molar-refractivity contribution in [3.8, 4) is 0 Å². The number of halogens is 1. The van der Waals surface area contributed by atoms with Crippen LogP contribution in [-0.2, 0) is 4.79 Å². The molecule has 6 heteroatoms. The van der Waals surface area contributed by atoms with Gasteiger partial charge in [-0.2, -0.15) is 0 Å². The van der Waals surface area contributed by atoms with E-state index in [1.807, 2.05) is 6.92 Å². The highest BCUT2D eigenvalue weighted by atomic mass is 35.5. The van der Waals surface area contributed by atoms with Crippen LogP contribution in [0.2, 0.25) is 5.02 Å². The van der Waals surface area contributed by atoms with Crippen molar-refractivity contribution in [3.05, 3.63) is 28.8 Å². The Morgan fingerprint density at radius 1 is 1.42 bits per heavy atom. The zero-order valence-corrected chi connectivity index (χ0v) is 11.5. The van der Waals surface area contributed by atoms with Crippen molar-refractivity contribution in [2.45, 2.75) is 19.8 Å². The first-order chi connectivity index (χ1) is 8.97. The van der Waals surface area contributed by atoms with Crippen LogP contribution >= 0.6 is 11.6 Å². The monoisotopic (exact) mass is 283 g/mol. The van der Waals surface area contributed by atoms with Crippen molar-refractivity contribution in [3.63, 3.8) is 0 Å². The minimum absolute atomic E-state index is 0.137. The van der Waals surface area contributed by atoms with Gasteiger partial charge in [-0.3, -0.25) is 9.59 Å². The van der Waals surface area contributed by atoms with E-state index >= 15 is 0 Å². The molecule has 0 bridgehead atoms. The Kier molecular flexibility index (Phi) is 5.79. The Balaban J connectivity index is 2.78. The third-order valence-electron chi connectivity index (χ3n) is 2.91. The predicted molar refractivity (Wildman–Crippen MR) is 76.1 cm³/mol. The normalized spacial score (nSPS) is 11.9. The molecule has 1 unspecified atom stereocenters. The molecule has 0 spiro atoms. The molecule has 0 aromatic heterocycles. The molecule has 0 saturated heterocycles. The van der Waals surface area contributed by atoms with Crippen LogP contribution in [0.1, 0.15) is 30.1 Å². The summed E-state index contributed by atoms with van der Waals surface area (Å²) in [5.41, 5.74) is 11.4. The van der Waals surface area contributed by atoms with Gasteiger partial charge in [0.1, 0.15) is 0 Å². The first-order valence-corrected chi connectivity index (χ1v) is 6.45. The third kappa shape index (κ3) is 4.54. The molecule has 1 aromatic rings. The van der Waals surface area contributed by atoms with E-state index in [-0.39, 0.29) is 11.8 Å². The number of anilines is 1. The summed E-state index contributed by atoms with van der Waals surface area (Å²) in [6.07, 6.45) is 1.16. The molecular weight excluding hydrogens is 266 g/mol. The largest absolute Gasteiger partial charge is 0.366 e. The lowest BCUT2D eigenvalue weighted by atomic mass is 10.0. The van der Waals surface area contributed by atoms with Gasteiger partial charge in [0.25, 0.3) is 0 Å². The van der Waals surface area contributed by atoms with Crippen molar-refractivity contribution in [2.24, 2.45) is 17.4 Å². The van der Waals surface area contributed by atoms with Crippen molar-refractivity contribution < 1.29 is 9.59 Å². The molecule has 104 valence electrons. The maximum atomic E-state index is 11.8. The SMILES string of the molecule is CCC(CN)CC(=O)Nc1cc(C(N)=O)ccc1Cl. The quantitative estimate of drug-likeness (QED) is 0.742. The van der Waals surface area contributed by atoms with Gasteiger partial charge in [0.05, 0.1) is 10.7 Å². The second-order valence-electron chi connectivity index (χ2n) is 4.32. The van der Waals surface area contributed by atoms with Crippen LogP contribution in [0.3, 0.4) is 0 Å². The van der Waals surface area contributed by atoms with E-state index in [9.17, 15) is 9.59 Å². The highest BCUT2D eigenvalue weighted by Crippen LogP contribution is 2.23. The highest BCUT2D eigenvalue weighted by Gasteiger charge is 2.13. The lowest BCUT2D eigenvalue weighted by molar-refractivity contribution is -0.117. The second-order valence-corrected chi connectivity index (χ2v) is 4.73. The maximum absolute atomic E-state index is 11.8. The Hall–Kier alpha value is -1.59. The van der Waals surface area contributed by atoms with Crippen LogP contribution < -0.4 is 16.8 Å². The number of carbonyl (C=O) groups excluding carboxylic acids is 2. The number of benzene rings is 1. The number of nitrogens with two attached hydrogens (primary N) is 2. The minimum Gasteiger partial charge on any atom is -0.366 e. The van der Waals surface area contributed by atoms with Crippen molar-refractivity contribution in [2.75, 3.05) is 11.9 Å². The zero-order valence-electron chi connectivity index (χ0n) is 10.8. The molecule has 0 saturated carbocycles. The number of rotatable bonds is 6. The summed E-state index contributed by atoms with van der Waals surface area (Å²) in [5, 5.41) is 3.03. The molecule has 0 fully saturated rings. The molecule has 0 heterocycles. The fraction of sp³-hybridized carbons (Fsp3) is 0.385. The van der Waals surface area contributed by atoms with E-state index in [1.165, 1.54) is 18.2 Å². The van der Waals surface area contributed by atoms with Gasteiger partial charge >= 0.3 is 0 Å². The van der Waals surface area contributed by atoms with E-state index in [4.69, 9.17) is 23.1 Å². The van der Waals surface area contributed by atoms with Gasteiger partial charge in [0.2, 0.25) is 11.8 Å². The van der Waals surface area contributed by atoms with Crippen LogP contribution in [0.25, 0.3) is 0 Å². The fourth-order valence-electron chi connectivity index (χ4n) is 1.63. The van der Waals surface area contributed by atoms with Crippen molar-refractivity contribution in [1.82, 2.24) is 0 Å². The summed E-state index contributed by atoms with van der Waals surface area (Å²) in [7, 11) is 0. The Bertz CT molecular complexity index is 473. The first-order valence-electron chi connectivity index (χ1n) is 6.07. The Morgan fingerprint density at radius 3 is 2.63 bits per heavy atom. The molecular formula is C13H18ClN3O2. The fourth-order valence-corrected chi connectivity index (χ4v) is 1.80. The summed E-state index contributed by atoms with van der Waals surface area (Å²) in [5.74, 6) is -0.612. The summed E-state index contributed by atoms with van der Waals surface area (Å²) < 4.78 is 0. The minimum atomic E-state index is -0.569. The summed E-state index contributed by atoms with van der Waals surface area (Å²) in [6, 6.07) is 4.50. The molecule has 1 atom stereocenters. The summed E-state index contributed by atoms with van der Waals surface area (Å²) >= 11 is 5.96. The van der Waals surface area contributed by atoms with Gasteiger partial charge < -0.3 is 16.8 Å². The molecule has 0 radical (unpaired) electrons. The van der Waals surface area contributed by atoms with E-state index in [2.05, 4.69) is 5.32 Å². The number of carbonyl (C=O) groups is 2. The molecule has 1 aromatic carbocycles. The lowest BCUT2D eigenvalue weighted by Crippen LogP contribution is -2.22. The van der Waals surface area contributed by atoms with Gasteiger partial charge in [0.15, 0.2) is 0 Å². The first kappa shape index (κ1) is 15.5. The molecule has 19 heavy (non-hydrogen) atoms. The van der Waals surface area contributed by atoms with Crippen LogP contribution in [-0.4, -0.2) is 18.4 Å². The van der Waals surface area contributed by atoms with E-state index in [0.717, 1.165) is 6.42 Å². The molecule has 5 N–H and O–H groups in total. The molecule has 0 aliphatic heterocycles. The second kappa shape index (κ2) is 7.11. The zero-order chi connectivity index (χ0) is 14.4. The van der Waals surface area contributed by atoms with Crippen molar-refractivity contribution >= 4 is 29.1 Å². The molecule has 1 rings (SSSR count). The number of primary amides is 1. The lowest BCUT2D eigenvalue weighted by Gasteiger charge is -2.13. The number of amides is 2. The smallest absolute Gasteiger partial charge is 0.248 e. The number of hydrogen-bond acceptors (Lipinski definition) is 3. The van der Waals surface area contributed by atoms with Gasteiger partial charge in [0, 0.05) is 12.0 Å². The van der Waals surface area contributed by atoms with Crippen LogP contribution in [0.15, 0.2) is 18.2 Å². The average molecular weight is 284 g/mol. The van der Waals surface area contributed by atoms with Gasteiger partial charge in [-0.05, 0) is 30.7 Å². The molecule has 2 amide bonds. The van der Waals surface area contributed by atoms with Crippen LogP contribution in [0, 0.1) is 5.92 Å². The predicted octanol–water partition coefficient (Wildman–Crippen LogP) is 1.75. The van der Waals surface area contributed by atoms with Gasteiger partial charge in [-0.15, -0.1) is 0 Å². The van der Waals surface area contributed by atoms with E-state index in [1.54, 1.807) is 0 Å². The standard InChI is InChI=1S/C13H18ClN3O2/c1-2-8(7-15)5-12(18)17-11-6-9(13(16)19)3-4-10(11)14/h3-4,6,8H,2,5,7,15H2,1H3,(H2,16,19)(H,17,18). The maximum Gasteiger partial charge on any atom is 0.248 e. The van der Waals surface area contributed by atoms with Crippen LogP contribution in [0.5, 0.6) is 0 Å². The third-order valence-corrected chi connectivity index (χ3v) is 3.24. The van der Waals surface area contributed by atoms with Crippen LogP contribution in [0.4, 0.5) is 5.69 Å². The Labute approximate surface area is 117 Å². The summed E-state index contributed by atoms with van der Waals surface area (Å²) in [6.45, 7) is 2.43. The van der Waals surface area contributed by atoms with E-state index in [0.29, 0.717) is 29.2 Å². The number of nitrogens with one attached hydrogen (secondary N) is 1. The van der Waals surface area contributed by atoms with Gasteiger partial charge in [-0.1, -0.05) is 24.9 Å². The Morgan fingerprint density at radius 2 is 2.11 bits per heavy atom. The summed E-state index contributed by atoms with van der Waals surface area (Å²) in [4.78, 5) is 22.9. The number of hydrogen-bond donors (Lipinski definition) is 3.